The number of aromatic nitrogens is 1. The van der Waals surface area contributed by atoms with Crippen LogP contribution in [-0.2, 0) is 19.1 Å². The number of pyridine rings is 1. The first-order valence-corrected chi connectivity index (χ1v) is 18.5. The normalized spacial score (nSPS) is 23.9. The molecule has 0 saturated heterocycles. The van der Waals surface area contributed by atoms with Crippen molar-refractivity contribution in [1.82, 2.24) is 10.3 Å². The molecule has 0 spiro atoms. The van der Waals surface area contributed by atoms with Crippen molar-refractivity contribution >= 4 is 29.7 Å². The van der Waals surface area contributed by atoms with E-state index in [9.17, 15) is 34.2 Å². The number of ether oxygens (including phenoxy) is 3. The molecule has 0 radical (unpaired) electrons. The lowest BCUT2D eigenvalue weighted by atomic mass is 9.89. The van der Waals surface area contributed by atoms with Crippen molar-refractivity contribution in [2.45, 2.75) is 105 Å². The van der Waals surface area contributed by atoms with Crippen LogP contribution in [0.2, 0.25) is 0 Å². The Kier molecular flexibility index (Phi) is 16.5. The van der Waals surface area contributed by atoms with E-state index >= 15 is 0 Å². The van der Waals surface area contributed by atoms with Gasteiger partial charge in [0.15, 0.2) is 11.6 Å². The molecule has 1 aromatic heterocycles. The predicted molar refractivity (Wildman–Crippen MR) is 208 cm³/mol. The van der Waals surface area contributed by atoms with Crippen LogP contribution in [0.5, 0.6) is 11.5 Å². The van der Waals surface area contributed by atoms with Crippen LogP contribution in [0, 0.1) is 25.7 Å². The molecule has 1 aliphatic heterocycles. The molecule has 3 unspecified atom stereocenters. The molecule has 2 bridgehead atoms. The quantitative estimate of drug-likeness (QED) is 0.0871. The smallest absolute Gasteiger partial charge is 0.339 e. The Labute approximate surface area is 323 Å². The predicted octanol–water partition coefficient (Wildman–Crippen LogP) is 7.00. The van der Waals surface area contributed by atoms with Crippen LogP contribution >= 0.6 is 0 Å². The molecule has 0 saturated carbocycles. The van der Waals surface area contributed by atoms with E-state index in [1.165, 1.54) is 20.0 Å². The van der Waals surface area contributed by atoms with E-state index in [1.807, 2.05) is 19.9 Å². The number of hydrogen-bond donors (Lipinski definition) is 3. The molecule has 1 aromatic carbocycles. The summed E-state index contributed by atoms with van der Waals surface area (Å²) in [6.07, 6.45) is 13.5. The number of nitrogens with zero attached hydrogens (tertiary/aromatic N) is 1. The van der Waals surface area contributed by atoms with Crippen molar-refractivity contribution in [1.29, 1.82) is 0 Å². The highest BCUT2D eigenvalue weighted by Crippen LogP contribution is 2.40. The SMILES string of the molecule is CCOc1c(C)c(O)c2c(C)c1C(=O)C/C=C/CCC(OC(=O)c1cccnc1)[C@H](C)C(OC(C)(C)O)CCC(C)/C=C/C=C(/C)C(=O)N/C(=C/C=O)C2=O. The summed E-state index contributed by atoms with van der Waals surface area (Å²) < 4.78 is 18.0. The number of Topliss-reactive ketones (excluding diaryl/α,β-unsaturated/α-hetero) is 2. The van der Waals surface area contributed by atoms with Crippen LogP contribution in [0.3, 0.4) is 0 Å². The molecular weight excluding hydrogens is 704 g/mol. The number of hydrogen-bond acceptors (Lipinski definition) is 11. The van der Waals surface area contributed by atoms with E-state index in [-0.39, 0.29) is 69.7 Å². The molecule has 2 aromatic rings. The van der Waals surface area contributed by atoms with Crippen molar-refractivity contribution < 1.29 is 48.4 Å². The molecule has 3 N–H and O–H groups in total. The van der Waals surface area contributed by atoms with Gasteiger partial charge in [0.05, 0.1) is 35.1 Å². The molecule has 296 valence electrons. The number of aldehydes is 1. The third-order valence-corrected chi connectivity index (χ3v) is 9.34. The molecule has 55 heavy (non-hydrogen) atoms. The van der Waals surface area contributed by atoms with Gasteiger partial charge < -0.3 is 29.7 Å². The van der Waals surface area contributed by atoms with Gasteiger partial charge in [-0.25, -0.2) is 4.79 Å². The molecule has 4 atom stereocenters. The second-order valence-electron chi connectivity index (χ2n) is 14.2. The minimum absolute atomic E-state index is 0.000770. The number of nitrogens with one attached hydrogen (secondary N) is 1. The number of ketones is 2. The number of aliphatic hydroxyl groups is 1. The molecule has 1 aliphatic rings. The van der Waals surface area contributed by atoms with Gasteiger partial charge in [-0.1, -0.05) is 44.2 Å². The summed E-state index contributed by atoms with van der Waals surface area (Å²) in [6, 6.07) is 3.26. The van der Waals surface area contributed by atoms with Gasteiger partial charge >= 0.3 is 5.97 Å². The van der Waals surface area contributed by atoms with E-state index in [0.717, 1.165) is 6.08 Å². The van der Waals surface area contributed by atoms with Gasteiger partial charge in [0.2, 0.25) is 5.78 Å². The number of benzene rings is 1. The number of carbonyl (C=O) groups excluding carboxylic acids is 5. The third-order valence-electron chi connectivity index (χ3n) is 9.34. The van der Waals surface area contributed by atoms with Gasteiger partial charge in [-0.3, -0.25) is 24.2 Å². The largest absolute Gasteiger partial charge is 0.507 e. The molecule has 1 amide bonds. The Morgan fingerprint density at radius 2 is 1.76 bits per heavy atom. The van der Waals surface area contributed by atoms with Crippen molar-refractivity contribution in [2.75, 3.05) is 6.61 Å². The summed E-state index contributed by atoms with van der Waals surface area (Å²) in [6.45, 7) is 13.4. The highest BCUT2D eigenvalue weighted by Gasteiger charge is 2.33. The number of phenols is 1. The number of allylic oxidation sites excluding steroid dienone is 7. The zero-order valence-electron chi connectivity index (χ0n) is 33.0. The lowest BCUT2D eigenvalue weighted by molar-refractivity contribution is -0.224. The number of phenolic OH excluding ortho intramolecular Hbond substituents is 1. The molecule has 12 heteroatoms. The van der Waals surface area contributed by atoms with Crippen LogP contribution in [0.15, 0.2) is 72.3 Å². The molecule has 0 fully saturated rings. The standard InChI is InChI=1S/C43H54N2O10/c1-9-53-40-30(6)38(48)37-29(5)36(40)33(47)18-11-10-12-19-34(54-42(51)31-17-14-23-44-25-31)28(4)35(55-43(7,8)52)21-20-26(2)15-13-16-27(3)41(50)45-32(22-24-46)39(37)49/h10-11,13-17,22-26,28,34-35,48,52H,9,12,18-21H2,1-8H3,(H,45,50)/b11-10+,15-13+,27-16-,32-22+/t26?,28-,34?,35?/m0/s1. The Morgan fingerprint density at radius 1 is 1.04 bits per heavy atom. The van der Waals surface area contributed by atoms with Crippen LogP contribution < -0.4 is 10.1 Å². The molecule has 0 aliphatic carbocycles. The average Bonchev–Trinajstić information content (AvgIpc) is 3.13. The van der Waals surface area contributed by atoms with Crippen LogP contribution in [0.25, 0.3) is 0 Å². The summed E-state index contributed by atoms with van der Waals surface area (Å²) >= 11 is 0. The fourth-order valence-electron chi connectivity index (χ4n) is 6.31. The molecule has 2 heterocycles. The molecular formula is C43H54N2O10. The zero-order chi connectivity index (χ0) is 40.9. The minimum atomic E-state index is -1.48. The monoisotopic (exact) mass is 758 g/mol. The van der Waals surface area contributed by atoms with Gasteiger partial charge in [-0.05, 0) is 90.8 Å². The molecule has 3 rings (SSSR count). The number of rotatable bonds is 7. The van der Waals surface area contributed by atoms with Crippen molar-refractivity contribution in [3.05, 3.63) is 100 Å². The Morgan fingerprint density at radius 3 is 2.40 bits per heavy atom. The van der Waals surface area contributed by atoms with Crippen LogP contribution in [0.1, 0.15) is 116 Å². The minimum Gasteiger partial charge on any atom is -0.507 e. The Hall–Kier alpha value is -5.20. The van der Waals surface area contributed by atoms with Crippen molar-refractivity contribution in [2.24, 2.45) is 11.8 Å². The van der Waals surface area contributed by atoms with Gasteiger partial charge in [0.1, 0.15) is 23.9 Å². The number of aromatic hydroxyl groups is 1. The fourth-order valence-corrected chi connectivity index (χ4v) is 6.31. The summed E-state index contributed by atoms with van der Waals surface area (Å²) in [5.41, 5.74) is 0.248. The van der Waals surface area contributed by atoms with Gasteiger partial charge in [-0.15, -0.1) is 0 Å². The van der Waals surface area contributed by atoms with Crippen LogP contribution in [-0.4, -0.2) is 69.5 Å². The van der Waals surface area contributed by atoms with Crippen molar-refractivity contribution in [3.8, 4) is 11.5 Å². The summed E-state index contributed by atoms with van der Waals surface area (Å²) in [4.78, 5) is 69.9. The fraction of sp³-hybridized carbons (Fsp3) is 0.442. The second kappa shape index (κ2) is 20.5. The Balaban J connectivity index is 2.13. The zero-order valence-corrected chi connectivity index (χ0v) is 33.0. The number of amides is 1. The number of fused-ring (bicyclic) bond motifs is 2. The van der Waals surface area contributed by atoms with E-state index in [4.69, 9.17) is 14.2 Å². The highest BCUT2D eigenvalue weighted by atomic mass is 16.6. The van der Waals surface area contributed by atoms with Crippen molar-refractivity contribution in [3.63, 3.8) is 0 Å². The molecule has 12 nitrogen and oxygen atoms in total. The van der Waals surface area contributed by atoms with E-state index < -0.39 is 47.2 Å². The second-order valence-corrected chi connectivity index (χ2v) is 14.2. The first-order chi connectivity index (χ1) is 26.0. The van der Waals surface area contributed by atoms with Gasteiger partial charge in [-0.2, -0.15) is 0 Å². The van der Waals surface area contributed by atoms with Gasteiger partial charge in [0, 0.05) is 41.9 Å². The lowest BCUT2D eigenvalue weighted by Gasteiger charge is -2.35. The van der Waals surface area contributed by atoms with E-state index in [2.05, 4.69) is 10.3 Å². The average molecular weight is 759 g/mol. The summed E-state index contributed by atoms with van der Waals surface area (Å²) in [5, 5.41) is 24.4. The topological polar surface area (TPSA) is 178 Å². The number of esters is 1. The maximum Gasteiger partial charge on any atom is 0.339 e. The lowest BCUT2D eigenvalue weighted by Crippen LogP contribution is -2.40. The van der Waals surface area contributed by atoms with Crippen LogP contribution in [0.4, 0.5) is 0 Å². The maximum absolute atomic E-state index is 13.9. The number of carbonyl (C=O) groups is 5. The third kappa shape index (κ3) is 12.4. The first-order valence-electron chi connectivity index (χ1n) is 18.5. The summed E-state index contributed by atoms with van der Waals surface area (Å²) in [5.74, 6) is -4.62. The van der Waals surface area contributed by atoms with E-state index in [1.54, 1.807) is 70.3 Å². The Bertz CT molecular complexity index is 1840. The van der Waals surface area contributed by atoms with Gasteiger partial charge in [0.25, 0.3) is 5.91 Å². The summed E-state index contributed by atoms with van der Waals surface area (Å²) in [7, 11) is 0. The first kappa shape index (κ1) is 44.2. The van der Waals surface area contributed by atoms with E-state index in [0.29, 0.717) is 32.0 Å². The maximum atomic E-state index is 13.9. The highest BCUT2D eigenvalue weighted by molar-refractivity contribution is 6.17.